The Labute approximate surface area is 208 Å². The zero-order chi connectivity index (χ0) is 24.4. The minimum atomic E-state index is -0.902. The fraction of sp³-hybridized carbons (Fsp3) is 0.0769. The Morgan fingerprint density at radius 3 is 2.29 bits per heavy atom. The fourth-order valence-electron chi connectivity index (χ4n) is 3.82. The maximum atomic E-state index is 13.4. The number of aliphatic hydroxyl groups excluding tert-OH is 1. The molecule has 1 atom stereocenters. The smallest absolute Gasteiger partial charge is 0.301 e. The maximum absolute atomic E-state index is 13.4. The topological polar surface area (TPSA) is 83.4 Å². The molecule has 0 saturated carbocycles. The summed E-state index contributed by atoms with van der Waals surface area (Å²) in [6.45, 7) is 0. The number of hydrogen-bond acceptors (Lipinski definition) is 7. The van der Waals surface area contributed by atoms with Crippen molar-refractivity contribution in [1.82, 2.24) is 10.2 Å². The van der Waals surface area contributed by atoms with Crippen molar-refractivity contribution in [3.63, 3.8) is 0 Å². The van der Waals surface area contributed by atoms with Gasteiger partial charge < -0.3 is 5.11 Å². The SMILES string of the molecule is O=C1C(=O)N(c2nnc(SCc3ccccc3)s2)C(c2ccccc2)/C1=C(/O)c1ccc(F)cc1. The Morgan fingerprint density at radius 2 is 1.60 bits per heavy atom. The number of anilines is 1. The Balaban J connectivity index is 1.53. The molecule has 1 fully saturated rings. The van der Waals surface area contributed by atoms with Gasteiger partial charge in [-0.25, -0.2) is 4.39 Å². The summed E-state index contributed by atoms with van der Waals surface area (Å²) >= 11 is 2.69. The number of hydrogen-bond donors (Lipinski definition) is 1. The van der Waals surface area contributed by atoms with Gasteiger partial charge in [-0.1, -0.05) is 83.8 Å². The van der Waals surface area contributed by atoms with E-state index in [4.69, 9.17) is 0 Å². The number of Topliss-reactive ketones (excluding diaryl/α,β-unsaturated/α-hetero) is 1. The molecule has 4 aromatic rings. The molecule has 3 aromatic carbocycles. The Bertz CT molecular complexity index is 1410. The molecule has 35 heavy (non-hydrogen) atoms. The monoisotopic (exact) mass is 503 g/mol. The number of benzene rings is 3. The predicted molar refractivity (Wildman–Crippen MR) is 134 cm³/mol. The first-order valence-corrected chi connectivity index (χ1v) is 12.5. The molecule has 1 unspecified atom stereocenters. The van der Waals surface area contributed by atoms with Gasteiger partial charge in [-0.2, -0.15) is 0 Å². The second-order valence-corrected chi connectivity index (χ2v) is 9.89. The predicted octanol–water partition coefficient (Wildman–Crippen LogP) is 5.60. The van der Waals surface area contributed by atoms with Gasteiger partial charge in [0.15, 0.2) is 4.34 Å². The van der Waals surface area contributed by atoms with Crippen LogP contribution in [0.4, 0.5) is 9.52 Å². The highest BCUT2D eigenvalue weighted by atomic mass is 32.2. The number of halogens is 1. The first-order valence-electron chi connectivity index (χ1n) is 10.6. The number of ketones is 1. The van der Waals surface area contributed by atoms with Crippen molar-refractivity contribution >= 4 is 45.7 Å². The highest BCUT2D eigenvalue weighted by molar-refractivity contribution is 8.00. The van der Waals surface area contributed by atoms with Crippen LogP contribution in [0.3, 0.4) is 0 Å². The Morgan fingerprint density at radius 1 is 0.943 bits per heavy atom. The molecular weight excluding hydrogens is 485 g/mol. The number of aromatic nitrogens is 2. The van der Waals surface area contributed by atoms with E-state index in [2.05, 4.69) is 10.2 Å². The number of aliphatic hydroxyl groups is 1. The van der Waals surface area contributed by atoms with Gasteiger partial charge in [-0.15, -0.1) is 10.2 Å². The molecule has 0 bridgehead atoms. The lowest BCUT2D eigenvalue weighted by molar-refractivity contribution is -0.132. The summed E-state index contributed by atoms with van der Waals surface area (Å²) in [5, 5.41) is 19.7. The van der Waals surface area contributed by atoms with Gasteiger partial charge in [-0.05, 0) is 35.4 Å². The lowest BCUT2D eigenvalue weighted by Gasteiger charge is -2.22. The molecule has 6 nitrogen and oxygen atoms in total. The summed E-state index contributed by atoms with van der Waals surface area (Å²) in [6.07, 6.45) is 0. The third kappa shape index (κ3) is 4.60. The van der Waals surface area contributed by atoms with Crippen LogP contribution in [-0.4, -0.2) is 27.0 Å². The van der Waals surface area contributed by atoms with Gasteiger partial charge in [0.05, 0.1) is 11.6 Å². The number of carbonyl (C=O) groups excluding carboxylic acids is 2. The number of thioether (sulfide) groups is 1. The molecule has 1 aliphatic rings. The zero-order valence-corrected chi connectivity index (χ0v) is 19.8. The van der Waals surface area contributed by atoms with Crippen LogP contribution in [0, 0.1) is 5.82 Å². The van der Waals surface area contributed by atoms with Crippen LogP contribution in [0.25, 0.3) is 5.76 Å². The van der Waals surface area contributed by atoms with Crippen molar-refractivity contribution in [3.8, 4) is 0 Å². The van der Waals surface area contributed by atoms with E-state index in [1.165, 1.54) is 52.3 Å². The van der Waals surface area contributed by atoms with Gasteiger partial charge in [-0.3, -0.25) is 14.5 Å². The number of carbonyl (C=O) groups is 2. The first-order chi connectivity index (χ1) is 17.0. The molecule has 1 amide bonds. The van der Waals surface area contributed by atoms with E-state index in [1.807, 2.05) is 36.4 Å². The van der Waals surface area contributed by atoms with Crippen molar-refractivity contribution in [2.45, 2.75) is 16.1 Å². The van der Waals surface area contributed by atoms with E-state index in [1.54, 1.807) is 24.3 Å². The number of amides is 1. The third-order valence-corrected chi connectivity index (χ3v) is 7.61. The molecule has 0 radical (unpaired) electrons. The normalized spacial score (nSPS) is 17.2. The second-order valence-electron chi connectivity index (χ2n) is 7.71. The fourth-order valence-corrected chi connectivity index (χ4v) is 5.64. The average Bonchev–Trinajstić information content (AvgIpc) is 3.46. The lowest BCUT2D eigenvalue weighted by Crippen LogP contribution is -2.29. The lowest BCUT2D eigenvalue weighted by atomic mass is 9.95. The number of rotatable bonds is 6. The van der Waals surface area contributed by atoms with E-state index in [0.717, 1.165) is 5.56 Å². The van der Waals surface area contributed by atoms with E-state index in [-0.39, 0.29) is 22.0 Å². The van der Waals surface area contributed by atoms with Crippen molar-refractivity contribution in [1.29, 1.82) is 0 Å². The van der Waals surface area contributed by atoms with E-state index in [0.29, 0.717) is 15.7 Å². The minimum absolute atomic E-state index is 0.0819. The molecular formula is C26H18FN3O3S2. The largest absolute Gasteiger partial charge is 0.507 e. The molecule has 1 N–H and O–H groups in total. The van der Waals surface area contributed by atoms with Gasteiger partial charge in [0.2, 0.25) is 5.13 Å². The molecule has 9 heteroatoms. The van der Waals surface area contributed by atoms with Crippen LogP contribution >= 0.6 is 23.1 Å². The number of nitrogens with zero attached hydrogens (tertiary/aromatic N) is 3. The summed E-state index contributed by atoms with van der Waals surface area (Å²) in [4.78, 5) is 27.6. The summed E-state index contributed by atoms with van der Waals surface area (Å²) in [6, 6.07) is 23.0. The zero-order valence-electron chi connectivity index (χ0n) is 18.2. The van der Waals surface area contributed by atoms with E-state index in [9.17, 15) is 19.1 Å². The standard InChI is InChI=1S/C26H18FN3O3S2/c27-19-13-11-18(12-14-19)22(31)20-21(17-9-5-2-6-10-17)30(24(33)23(20)32)25-28-29-26(35-25)34-15-16-7-3-1-4-8-16/h1-14,21,31H,15H2/b22-20-. The molecule has 1 saturated heterocycles. The second kappa shape index (κ2) is 9.81. The summed E-state index contributed by atoms with van der Waals surface area (Å²) < 4.78 is 14.1. The van der Waals surface area contributed by atoms with Gasteiger partial charge in [0, 0.05) is 11.3 Å². The van der Waals surface area contributed by atoms with Crippen molar-refractivity contribution in [2.24, 2.45) is 0 Å². The average molecular weight is 504 g/mol. The van der Waals surface area contributed by atoms with Crippen LogP contribution < -0.4 is 4.90 Å². The van der Waals surface area contributed by atoms with Crippen molar-refractivity contribution in [2.75, 3.05) is 4.90 Å². The highest BCUT2D eigenvalue weighted by Gasteiger charge is 2.48. The van der Waals surface area contributed by atoms with Gasteiger partial charge in [0.1, 0.15) is 11.6 Å². The van der Waals surface area contributed by atoms with Gasteiger partial charge in [0.25, 0.3) is 5.78 Å². The van der Waals surface area contributed by atoms with E-state index >= 15 is 0 Å². The summed E-state index contributed by atoms with van der Waals surface area (Å²) in [5.41, 5.74) is 1.91. The highest BCUT2D eigenvalue weighted by Crippen LogP contribution is 2.43. The molecule has 174 valence electrons. The van der Waals surface area contributed by atoms with Crippen molar-refractivity contribution in [3.05, 3.63) is 113 Å². The van der Waals surface area contributed by atoms with Crippen LogP contribution in [0.5, 0.6) is 0 Å². The Kier molecular flexibility index (Phi) is 6.43. The summed E-state index contributed by atoms with van der Waals surface area (Å²) in [5.74, 6) is -1.81. The molecule has 2 heterocycles. The molecule has 0 aliphatic carbocycles. The van der Waals surface area contributed by atoms with Crippen LogP contribution in [0.2, 0.25) is 0 Å². The maximum Gasteiger partial charge on any atom is 0.301 e. The summed E-state index contributed by atoms with van der Waals surface area (Å²) in [7, 11) is 0. The molecule has 5 rings (SSSR count). The van der Waals surface area contributed by atoms with Crippen molar-refractivity contribution < 1.29 is 19.1 Å². The first kappa shape index (κ1) is 22.9. The molecule has 1 aromatic heterocycles. The molecule has 1 aliphatic heterocycles. The van der Waals surface area contributed by atoms with Crippen LogP contribution in [0.1, 0.15) is 22.7 Å². The van der Waals surface area contributed by atoms with Gasteiger partial charge >= 0.3 is 5.91 Å². The minimum Gasteiger partial charge on any atom is -0.507 e. The Hall–Kier alpha value is -3.82. The quantitative estimate of drug-likeness (QED) is 0.121. The molecule has 0 spiro atoms. The van der Waals surface area contributed by atoms with Crippen LogP contribution in [-0.2, 0) is 15.3 Å². The van der Waals surface area contributed by atoms with Crippen LogP contribution in [0.15, 0.2) is 94.8 Å². The third-order valence-electron chi connectivity index (χ3n) is 5.48. The van der Waals surface area contributed by atoms with E-state index < -0.39 is 23.5 Å².